The molecule has 2 heteroatoms. The van der Waals surface area contributed by atoms with E-state index < -0.39 is 5.97 Å². The van der Waals surface area contributed by atoms with Crippen LogP contribution in [0.1, 0.15) is 30.5 Å². The maximum absolute atomic E-state index is 9.86. The third kappa shape index (κ3) is 9.57. The normalized spacial score (nSPS) is 9.44. The molecule has 2 rings (SSSR count). The molecular weight excluding hydrogens is 308 g/mol. The molecule has 0 bridgehead atoms. The molecule has 0 aliphatic heterocycles. The number of benzene rings is 2. The van der Waals surface area contributed by atoms with Gasteiger partial charge in [-0.25, -0.2) is 4.79 Å². The summed E-state index contributed by atoms with van der Waals surface area (Å²) in [5.74, 6) is -0.845. The van der Waals surface area contributed by atoms with Gasteiger partial charge in [0.15, 0.2) is 0 Å². The van der Waals surface area contributed by atoms with Gasteiger partial charge in [-0.05, 0) is 30.5 Å². The SMILES string of the molecule is C=Cc1ccccc1.C=Cc1ccccc1C=C.CC=C(C)C(=O)O. The summed E-state index contributed by atoms with van der Waals surface area (Å²) in [7, 11) is 0. The summed E-state index contributed by atoms with van der Waals surface area (Å²) >= 11 is 0. The smallest absolute Gasteiger partial charge is 0.330 e. The first-order chi connectivity index (χ1) is 12.0. The average molecular weight is 334 g/mol. The van der Waals surface area contributed by atoms with E-state index in [-0.39, 0.29) is 0 Å². The average Bonchev–Trinajstić information content (AvgIpc) is 2.68. The molecule has 0 saturated heterocycles. The predicted octanol–water partition coefficient (Wildman–Crippen LogP) is 6.34. The van der Waals surface area contributed by atoms with Crippen LogP contribution >= 0.6 is 0 Å². The molecule has 0 unspecified atom stereocenters. The fraction of sp³-hybridized carbons (Fsp3) is 0.0870. The monoisotopic (exact) mass is 334 g/mol. The second kappa shape index (κ2) is 13.3. The number of carboxylic acid groups (broad SMARTS) is 1. The third-order valence-electron chi connectivity index (χ3n) is 3.24. The number of aliphatic carboxylic acids is 1. The quantitative estimate of drug-likeness (QED) is 0.662. The van der Waals surface area contributed by atoms with E-state index in [0.29, 0.717) is 5.57 Å². The van der Waals surface area contributed by atoms with Crippen LogP contribution in [0.2, 0.25) is 0 Å². The highest BCUT2D eigenvalue weighted by Gasteiger charge is 1.93. The number of carboxylic acids is 1. The zero-order valence-electron chi connectivity index (χ0n) is 15.0. The highest BCUT2D eigenvalue weighted by molar-refractivity contribution is 5.85. The van der Waals surface area contributed by atoms with Crippen molar-refractivity contribution >= 4 is 24.2 Å². The van der Waals surface area contributed by atoms with Crippen LogP contribution in [0.4, 0.5) is 0 Å². The first-order valence-electron chi connectivity index (χ1n) is 7.87. The molecule has 0 aromatic heterocycles. The molecule has 1 N–H and O–H groups in total. The fourth-order valence-corrected chi connectivity index (χ4v) is 1.60. The Morgan fingerprint density at radius 1 is 0.840 bits per heavy atom. The largest absolute Gasteiger partial charge is 0.478 e. The van der Waals surface area contributed by atoms with Gasteiger partial charge in [0.1, 0.15) is 0 Å². The van der Waals surface area contributed by atoms with Gasteiger partial charge in [0.2, 0.25) is 0 Å². The Bertz CT molecular complexity index is 683. The minimum atomic E-state index is -0.845. The van der Waals surface area contributed by atoms with E-state index in [9.17, 15) is 4.79 Å². The zero-order chi connectivity index (χ0) is 19.1. The number of allylic oxidation sites excluding steroid dienone is 1. The lowest BCUT2D eigenvalue weighted by Gasteiger charge is -1.96. The van der Waals surface area contributed by atoms with Crippen LogP contribution in [0.3, 0.4) is 0 Å². The van der Waals surface area contributed by atoms with Gasteiger partial charge in [0.05, 0.1) is 0 Å². The van der Waals surface area contributed by atoms with Gasteiger partial charge in [-0.3, -0.25) is 0 Å². The highest BCUT2D eigenvalue weighted by atomic mass is 16.4. The van der Waals surface area contributed by atoms with E-state index in [1.54, 1.807) is 19.9 Å². The first kappa shape index (κ1) is 21.9. The molecule has 0 amide bonds. The van der Waals surface area contributed by atoms with Crippen LogP contribution in [0.15, 0.2) is 86.0 Å². The number of rotatable bonds is 4. The van der Waals surface area contributed by atoms with Gasteiger partial charge < -0.3 is 5.11 Å². The fourth-order valence-electron chi connectivity index (χ4n) is 1.60. The van der Waals surface area contributed by atoms with Crippen LogP contribution in [0.5, 0.6) is 0 Å². The van der Waals surface area contributed by atoms with Gasteiger partial charge in [-0.1, -0.05) is 98.6 Å². The molecule has 25 heavy (non-hydrogen) atoms. The van der Waals surface area contributed by atoms with E-state index in [1.165, 1.54) is 5.56 Å². The molecule has 0 aliphatic carbocycles. The molecule has 0 radical (unpaired) electrons. The summed E-state index contributed by atoms with van der Waals surface area (Å²) in [6.07, 6.45) is 7.05. The summed E-state index contributed by atoms with van der Waals surface area (Å²) in [6.45, 7) is 14.3. The summed E-state index contributed by atoms with van der Waals surface area (Å²) in [6, 6.07) is 18.0. The second-order valence-corrected chi connectivity index (χ2v) is 4.93. The standard InChI is InChI=1S/C10H10.C8H8.C5H8O2/c1-3-9-7-5-6-8-10(9)4-2;1-2-8-6-4-3-5-7-8;1-3-4(2)5(6)7/h3-8H,1-2H2;2-7H,1H2;3H,1-2H3,(H,6,7). The van der Waals surface area contributed by atoms with Crippen molar-refractivity contribution in [1.29, 1.82) is 0 Å². The van der Waals surface area contributed by atoms with Gasteiger partial charge in [-0.2, -0.15) is 0 Å². The molecule has 2 aromatic rings. The summed E-state index contributed by atoms with van der Waals surface area (Å²) in [5.41, 5.74) is 3.84. The van der Waals surface area contributed by atoms with Crippen molar-refractivity contribution in [2.45, 2.75) is 13.8 Å². The van der Waals surface area contributed by atoms with Crippen LogP contribution in [-0.4, -0.2) is 11.1 Å². The van der Waals surface area contributed by atoms with Crippen LogP contribution in [-0.2, 0) is 4.79 Å². The topological polar surface area (TPSA) is 37.3 Å². The number of carbonyl (C=O) groups is 1. The highest BCUT2D eigenvalue weighted by Crippen LogP contribution is 2.10. The molecule has 0 fully saturated rings. The maximum atomic E-state index is 9.86. The van der Waals surface area contributed by atoms with E-state index in [2.05, 4.69) is 19.7 Å². The number of hydrogen-bond acceptors (Lipinski definition) is 1. The van der Waals surface area contributed by atoms with Crippen molar-refractivity contribution in [2.24, 2.45) is 0 Å². The van der Waals surface area contributed by atoms with E-state index in [1.807, 2.05) is 72.8 Å². The Kier molecular flexibility index (Phi) is 11.7. The van der Waals surface area contributed by atoms with Gasteiger partial charge in [0, 0.05) is 5.57 Å². The van der Waals surface area contributed by atoms with Gasteiger partial charge in [0.25, 0.3) is 0 Å². The van der Waals surface area contributed by atoms with Crippen molar-refractivity contribution < 1.29 is 9.90 Å². The molecule has 0 heterocycles. The predicted molar refractivity (Wildman–Crippen MR) is 110 cm³/mol. The van der Waals surface area contributed by atoms with E-state index >= 15 is 0 Å². The summed E-state index contributed by atoms with van der Waals surface area (Å²) < 4.78 is 0. The van der Waals surface area contributed by atoms with Gasteiger partial charge in [-0.15, -0.1) is 0 Å². The van der Waals surface area contributed by atoms with Gasteiger partial charge >= 0.3 is 5.97 Å². The maximum Gasteiger partial charge on any atom is 0.330 e. The van der Waals surface area contributed by atoms with Crippen LogP contribution in [0.25, 0.3) is 18.2 Å². The van der Waals surface area contributed by atoms with Crippen molar-refractivity contribution in [3.8, 4) is 0 Å². The third-order valence-corrected chi connectivity index (χ3v) is 3.24. The first-order valence-corrected chi connectivity index (χ1v) is 7.87. The minimum absolute atomic E-state index is 0.389. The molecule has 130 valence electrons. The zero-order valence-corrected chi connectivity index (χ0v) is 15.0. The Morgan fingerprint density at radius 2 is 1.28 bits per heavy atom. The molecule has 0 atom stereocenters. The minimum Gasteiger partial charge on any atom is -0.478 e. The van der Waals surface area contributed by atoms with Crippen LogP contribution in [0, 0.1) is 0 Å². The molecule has 2 aromatic carbocycles. The van der Waals surface area contributed by atoms with E-state index in [0.717, 1.165) is 11.1 Å². The summed E-state index contributed by atoms with van der Waals surface area (Å²) in [5, 5.41) is 8.11. The summed E-state index contributed by atoms with van der Waals surface area (Å²) in [4.78, 5) is 9.86. The Balaban J connectivity index is 0.000000353. The molecule has 0 saturated carbocycles. The van der Waals surface area contributed by atoms with Crippen molar-refractivity contribution in [2.75, 3.05) is 0 Å². The second-order valence-electron chi connectivity index (χ2n) is 4.93. The van der Waals surface area contributed by atoms with E-state index in [4.69, 9.17) is 5.11 Å². The lowest BCUT2D eigenvalue weighted by atomic mass is 10.1. The molecule has 2 nitrogen and oxygen atoms in total. The van der Waals surface area contributed by atoms with Crippen molar-refractivity contribution in [3.63, 3.8) is 0 Å². The lowest BCUT2D eigenvalue weighted by molar-refractivity contribution is -0.132. The Hall–Kier alpha value is -3.13. The molecule has 0 aliphatic rings. The molecular formula is C23H26O2. The number of hydrogen-bond donors (Lipinski definition) is 1. The lowest BCUT2D eigenvalue weighted by Crippen LogP contribution is -1.93. The molecule has 0 spiro atoms. The van der Waals surface area contributed by atoms with Crippen molar-refractivity contribution in [1.82, 2.24) is 0 Å². The van der Waals surface area contributed by atoms with Crippen molar-refractivity contribution in [3.05, 3.63) is 103 Å². The Morgan fingerprint density at radius 3 is 1.52 bits per heavy atom. The Labute approximate surface area is 151 Å². The van der Waals surface area contributed by atoms with Crippen LogP contribution < -0.4 is 0 Å².